The Morgan fingerprint density at radius 3 is 1.93 bits per heavy atom. The zero-order valence-electron chi connectivity index (χ0n) is 10.6. The Morgan fingerprint density at radius 2 is 1.73 bits per heavy atom. The van der Waals surface area contributed by atoms with Gasteiger partial charge in [0, 0.05) is 6.04 Å². The topological polar surface area (TPSA) is 49.3 Å². The average Bonchev–Trinajstić information content (AvgIpc) is 2.19. The molecule has 0 amide bonds. The predicted molar refractivity (Wildman–Crippen MR) is 63.0 cm³/mol. The van der Waals surface area contributed by atoms with Crippen LogP contribution in [-0.4, -0.2) is 22.7 Å². The highest BCUT2D eigenvalue weighted by Gasteiger charge is 2.36. The first-order valence-electron chi connectivity index (χ1n) is 5.94. The molecule has 1 atom stereocenters. The molecule has 0 rings (SSSR count). The standard InChI is InChI=1S/C12H25NO2/c1-6-10(9(4)5)13-12(7-2,8-3)11(14)15/h9-10,13H,6-8H2,1-5H3,(H,14,15). The highest BCUT2D eigenvalue weighted by molar-refractivity contribution is 5.78. The minimum atomic E-state index is -0.745. The Hall–Kier alpha value is -0.570. The fraction of sp³-hybridized carbons (Fsp3) is 0.917. The van der Waals surface area contributed by atoms with Crippen LogP contribution < -0.4 is 5.32 Å². The lowest BCUT2D eigenvalue weighted by molar-refractivity contribution is -0.145. The summed E-state index contributed by atoms with van der Waals surface area (Å²) in [5, 5.41) is 12.6. The normalized spacial score (nSPS) is 14.3. The summed E-state index contributed by atoms with van der Waals surface area (Å²) >= 11 is 0. The van der Waals surface area contributed by atoms with Gasteiger partial charge in [-0.05, 0) is 25.2 Å². The Labute approximate surface area is 93.3 Å². The van der Waals surface area contributed by atoms with E-state index in [1.165, 1.54) is 0 Å². The Kier molecular flexibility index (Phi) is 5.88. The molecule has 90 valence electrons. The van der Waals surface area contributed by atoms with Gasteiger partial charge in [-0.3, -0.25) is 10.1 Å². The monoisotopic (exact) mass is 215 g/mol. The van der Waals surface area contributed by atoms with Crippen LogP contribution >= 0.6 is 0 Å². The van der Waals surface area contributed by atoms with E-state index in [2.05, 4.69) is 26.1 Å². The smallest absolute Gasteiger partial charge is 0.323 e. The van der Waals surface area contributed by atoms with Gasteiger partial charge in [0.05, 0.1) is 0 Å². The van der Waals surface area contributed by atoms with Gasteiger partial charge in [-0.1, -0.05) is 34.6 Å². The van der Waals surface area contributed by atoms with Crippen molar-refractivity contribution in [2.45, 2.75) is 65.5 Å². The Bertz CT molecular complexity index is 198. The van der Waals surface area contributed by atoms with E-state index in [0.717, 1.165) is 6.42 Å². The summed E-state index contributed by atoms with van der Waals surface area (Å²) in [6.07, 6.45) is 2.22. The van der Waals surface area contributed by atoms with Crippen LogP contribution in [0.1, 0.15) is 53.9 Å². The van der Waals surface area contributed by atoms with E-state index in [-0.39, 0.29) is 6.04 Å². The van der Waals surface area contributed by atoms with Crippen LogP contribution in [0.15, 0.2) is 0 Å². The van der Waals surface area contributed by atoms with Crippen LogP contribution in [0.5, 0.6) is 0 Å². The third kappa shape index (κ3) is 3.49. The number of hydrogen-bond acceptors (Lipinski definition) is 2. The Balaban J connectivity index is 4.72. The first-order chi connectivity index (χ1) is 6.93. The molecule has 0 heterocycles. The van der Waals surface area contributed by atoms with E-state index in [4.69, 9.17) is 0 Å². The zero-order valence-corrected chi connectivity index (χ0v) is 10.6. The lowest BCUT2D eigenvalue weighted by atomic mass is 9.89. The fourth-order valence-electron chi connectivity index (χ4n) is 1.91. The van der Waals surface area contributed by atoms with Crippen LogP contribution in [-0.2, 0) is 4.79 Å². The third-order valence-corrected chi connectivity index (χ3v) is 3.32. The van der Waals surface area contributed by atoms with E-state index in [1.54, 1.807) is 0 Å². The molecule has 0 aliphatic carbocycles. The molecule has 0 aromatic rings. The van der Waals surface area contributed by atoms with Crippen molar-refractivity contribution in [2.75, 3.05) is 0 Å². The number of hydrogen-bond donors (Lipinski definition) is 2. The third-order valence-electron chi connectivity index (χ3n) is 3.32. The highest BCUT2D eigenvalue weighted by Crippen LogP contribution is 2.19. The van der Waals surface area contributed by atoms with Gasteiger partial charge in [-0.2, -0.15) is 0 Å². The second-order valence-electron chi connectivity index (χ2n) is 4.50. The van der Waals surface area contributed by atoms with Crippen molar-refractivity contribution in [1.82, 2.24) is 5.32 Å². The minimum Gasteiger partial charge on any atom is -0.480 e. The van der Waals surface area contributed by atoms with Crippen molar-refractivity contribution >= 4 is 5.97 Å². The summed E-state index contributed by atoms with van der Waals surface area (Å²) in [5.74, 6) is -0.265. The van der Waals surface area contributed by atoms with Gasteiger partial charge in [-0.15, -0.1) is 0 Å². The van der Waals surface area contributed by atoms with Crippen molar-refractivity contribution in [3.63, 3.8) is 0 Å². The highest BCUT2D eigenvalue weighted by atomic mass is 16.4. The van der Waals surface area contributed by atoms with E-state index < -0.39 is 11.5 Å². The minimum absolute atomic E-state index is 0.279. The number of nitrogens with one attached hydrogen (secondary N) is 1. The predicted octanol–water partition coefficient (Wildman–Crippen LogP) is 2.65. The zero-order chi connectivity index (χ0) is 12.1. The van der Waals surface area contributed by atoms with Gasteiger partial charge in [0.1, 0.15) is 5.54 Å². The first kappa shape index (κ1) is 14.4. The van der Waals surface area contributed by atoms with Crippen molar-refractivity contribution < 1.29 is 9.90 Å². The van der Waals surface area contributed by atoms with Gasteiger partial charge in [0.25, 0.3) is 0 Å². The second-order valence-corrected chi connectivity index (χ2v) is 4.50. The van der Waals surface area contributed by atoms with Gasteiger partial charge < -0.3 is 5.11 Å². The summed E-state index contributed by atoms with van der Waals surface area (Å²) in [4.78, 5) is 11.3. The molecule has 3 heteroatoms. The molecule has 15 heavy (non-hydrogen) atoms. The second kappa shape index (κ2) is 6.11. The number of aliphatic carboxylic acids is 1. The van der Waals surface area contributed by atoms with E-state index in [1.807, 2.05) is 13.8 Å². The van der Waals surface area contributed by atoms with Crippen molar-refractivity contribution in [3.05, 3.63) is 0 Å². The van der Waals surface area contributed by atoms with Gasteiger partial charge in [0.15, 0.2) is 0 Å². The molecule has 2 N–H and O–H groups in total. The quantitative estimate of drug-likeness (QED) is 0.686. The first-order valence-corrected chi connectivity index (χ1v) is 5.94. The molecule has 3 nitrogen and oxygen atoms in total. The molecule has 0 bridgehead atoms. The maximum Gasteiger partial charge on any atom is 0.323 e. The average molecular weight is 215 g/mol. The number of carboxylic acid groups (broad SMARTS) is 1. The van der Waals surface area contributed by atoms with Crippen LogP contribution in [0.2, 0.25) is 0 Å². The molecule has 0 saturated heterocycles. The molecule has 0 aliphatic rings. The van der Waals surface area contributed by atoms with Gasteiger partial charge in [-0.25, -0.2) is 0 Å². The van der Waals surface area contributed by atoms with Crippen LogP contribution in [0.4, 0.5) is 0 Å². The van der Waals surface area contributed by atoms with E-state index >= 15 is 0 Å². The molecule has 0 aromatic carbocycles. The molecule has 0 saturated carbocycles. The fourth-order valence-corrected chi connectivity index (χ4v) is 1.91. The van der Waals surface area contributed by atoms with Crippen molar-refractivity contribution in [1.29, 1.82) is 0 Å². The summed E-state index contributed by atoms with van der Waals surface area (Å²) in [6, 6.07) is 0.279. The molecule has 0 spiro atoms. The molecule has 0 radical (unpaired) electrons. The maximum atomic E-state index is 11.3. The SMILES string of the molecule is CCC(NC(CC)(CC)C(=O)O)C(C)C. The largest absolute Gasteiger partial charge is 0.480 e. The molecular weight excluding hydrogens is 190 g/mol. The van der Waals surface area contributed by atoms with Crippen molar-refractivity contribution in [2.24, 2.45) is 5.92 Å². The Morgan fingerprint density at radius 1 is 1.27 bits per heavy atom. The number of carbonyl (C=O) groups is 1. The van der Waals surface area contributed by atoms with E-state index in [9.17, 15) is 9.90 Å². The number of carboxylic acids is 1. The van der Waals surface area contributed by atoms with Crippen LogP contribution in [0, 0.1) is 5.92 Å². The maximum absolute atomic E-state index is 11.3. The lowest BCUT2D eigenvalue weighted by Gasteiger charge is -2.34. The molecule has 0 fully saturated rings. The summed E-state index contributed by atoms with van der Waals surface area (Å²) in [7, 11) is 0. The summed E-state index contributed by atoms with van der Waals surface area (Å²) in [5.41, 5.74) is -0.745. The summed E-state index contributed by atoms with van der Waals surface area (Å²) in [6.45, 7) is 10.2. The van der Waals surface area contributed by atoms with Crippen LogP contribution in [0.3, 0.4) is 0 Å². The summed E-state index contributed by atoms with van der Waals surface area (Å²) < 4.78 is 0. The number of rotatable bonds is 7. The molecular formula is C12H25NO2. The van der Waals surface area contributed by atoms with Crippen LogP contribution in [0.25, 0.3) is 0 Å². The van der Waals surface area contributed by atoms with Gasteiger partial charge >= 0.3 is 5.97 Å². The van der Waals surface area contributed by atoms with Gasteiger partial charge in [0.2, 0.25) is 0 Å². The molecule has 0 aromatic heterocycles. The van der Waals surface area contributed by atoms with Crippen molar-refractivity contribution in [3.8, 4) is 0 Å². The van der Waals surface area contributed by atoms with E-state index in [0.29, 0.717) is 18.8 Å². The lowest BCUT2D eigenvalue weighted by Crippen LogP contribution is -2.56. The molecule has 0 aliphatic heterocycles. The molecule has 1 unspecified atom stereocenters.